The minimum atomic E-state index is -0.698. The van der Waals surface area contributed by atoms with Crippen molar-refractivity contribution in [2.75, 3.05) is 6.61 Å². The summed E-state index contributed by atoms with van der Waals surface area (Å²) in [7, 11) is 0. The van der Waals surface area contributed by atoms with Crippen LogP contribution in [0, 0.1) is 0 Å². The molecular weight excluding hydrogens is 252 g/mol. The highest BCUT2D eigenvalue weighted by Crippen LogP contribution is 2.29. The average molecular weight is 280 g/mol. The summed E-state index contributed by atoms with van der Waals surface area (Å²) in [5, 5.41) is 19.1. The highest BCUT2D eigenvalue weighted by Gasteiger charge is 2.17. The molecule has 0 aliphatic rings. The SMILES string of the molecule is CCOc1ccc(C(C)(C)C)cc1CCC(O)C(C)O. The largest absolute Gasteiger partial charge is 0.494 e. The van der Waals surface area contributed by atoms with E-state index in [2.05, 4.69) is 32.9 Å². The number of benzene rings is 1. The molecule has 2 atom stereocenters. The Balaban J connectivity index is 2.94. The van der Waals surface area contributed by atoms with Crippen LogP contribution in [0.25, 0.3) is 0 Å². The molecule has 1 aromatic carbocycles. The van der Waals surface area contributed by atoms with Crippen molar-refractivity contribution < 1.29 is 14.9 Å². The quantitative estimate of drug-likeness (QED) is 0.842. The zero-order valence-corrected chi connectivity index (χ0v) is 13.3. The van der Waals surface area contributed by atoms with Gasteiger partial charge >= 0.3 is 0 Å². The van der Waals surface area contributed by atoms with E-state index < -0.39 is 12.2 Å². The van der Waals surface area contributed by atoms with Gasteiger partial charge in [-0.25, -0.2) is 0 Å². The first-order valence-electron chi connectivity index (χ1n) is 7.38. The number of aryl methyl sites for hydroxylation is 1. The zero-order valence-electron chi connectivity index (χ0n) is 13.3. The Morgan fingerprint density at radius 1 is 1.20 bits per heavy atom. The van der Waals surface area contributed by atoms with Crippen LogP contribution in [0.3, 0.4) is 0 Å². The lowest BCUT2D eigenvalue weighted by Crippen LogP contribution is -2.23. The Bertz CT molecular complexity index is 419. The maximum Gasteiger partial charge on any atom is 0.122 e. The predicted molar refractivity (Wildman–Crippen MR) is 82.3 cm³/mol. The number of ether oxygens (including phenoxy) is 1. The molecule has 0 bridgehead atoms. The lowest BCUT2D eigenvalue weighted by molar-refractivity contribution is 0.0264. The highest BCUT2D eigenvalue weighted by molar-refractivity contribution is 5.40. The number of hydrogen-bond donors (Lipinski definition) is 2. The summed E-state index contributed by atoms with van der Waals surface area (Å²) in [6, 6.07) is 6.26. The Kier molecular flexibility index (Phi) is 6.03. The fraction of sp³-hybridized carbons (Fsp3) is 0.647. The maximum atomic E-state index is 9.75. The van der Waals surface area contributed by atoms with Gasteiger partial charge < -0.3 is 14.9 Å². The summed E-state index contributed by atoms with van der Waals surface area (Å²) >= 11 is 0. The highest BCUT2D eigenvalue weighted by atomic mass is 16.5. The second kappa shape index (κ2) is 7.09. The lowest BCUT2D eigenvalue weighted by Gasteiger charge is -2.22. The van der Waals surface area contributed by atoms with E-state index in [1.165, 1.54) is 5.56 Å². The van der Waals surface area contributed by atoms with Crippen LogP contribution >= 0.6 is 0 Å². The molecule has 0 heterocycles. The zero-order chi connectivity index (χ0) is 15.3. The second-order valence-corrected chi connectivity index (χ2v) is 6.35. The van der Waals surface area contributed by atoms with Crippen LogP contribution in [-0.2, 0) is 11.8 Å². The van der Waals surface area contributed by atoms with Gasteiger partial charge in [-0.3, -0.25) is 0 Å². The average Bonchev–Trinajstić information content (AvgIpc) is 2.36. The third-order valence-corrected chi connectivity index (χ3v) is 3.49. The van der Waals surface area contributed by atoms with E-state index >= 15 is 0 Å². The second-order valence-electron chi connectivity index (χ2n) is 6.35. The molecule has 3 heteroatoms. The van der Waals surface area contributed by atoms with E-state index in [0.717, 1.165) is 11.3 Å². The molecule has 0 aliphatic carbocycles. The molecular formula is C17H28O3. The number of hydrogen-bond acceptors (Lipinski definition) is 3. The normalized spacial score (nSPS) is 14.9. The monoisotopic (exact) mass is 280 g/mol. The molecule has 20 heavy (non-hydrogen) atoms. The Hall–Kier alpha value is -1.06. The van der Waals surface area contributed by atoms with Crippen LogP contribution < -0.4 is 4.74 Å². The summed E-state index contributed by atoms with van der Waals surface area (Å²) in [4.78, 5) is 0. The van der Waals surface area contributed by atoms with Crippen molar-refractivity contribution in [1.82, 2.24) is 0 Å². The summed E-state index contributed by atoms with van der Waals surface area (Å²) in [6.07, 6.45) is -0.157. The standard InChI is InChI=1S/C17H28O3/c1-6-20-16-10-8-14(17(3,4)5)11-13(16)7-9-15(19)12(2)18/h8,10-12,15,18-19H,6-7,9H2,1-5H3. The molecule has 2 N–H and O–H groups in total. The molecule has 0 spiro atoms. The smallest absolute Gasteiger partial charge is 0.122 e. The summed E-state index contributed by atoms with van der Waals surface area (Å²) < 4.78 is 5.65. The Morgan fingerprint density at radius 3 is 2.35 bits per heavy atom. The van der Waals surface area contributed by atoms with E-state index in [-0.39, 0.29) is 5.41 Å². The molecule has 3 nitrogen and oxygen atoms in total. The third-order valence-electron chi connectivity index (χ3n) is 3.49. The minimum absolute atomic E-state index is 0.0857. The molecule has 2 unspecified atom stereocenters. The molecule has 0 aromatic heterocycles. The van der Waals surface area contributed by atoms with Crippen LogP contribution in [0.2, 0.25) is 0 Å². The van der Waals surface area contributed by atoms with Crippen LogP contribution in [0.1, 0.15) is 52.2 Å². The molecule has 0 saturated heterocycles. The van der Waals surface area contributed by atoms with Gasteiger partial charge in [0.1, 0.15) is 5.75 Å². The van der Waals surface area contributed by atoms with E-state index in [1.807, 2.05) is 13.0 Å². The van der Waals surface area contributed by atoms with Crippen molar-refractivity contribution in [3.8, 4) is 5.75 Å². The molecule has 0 aliphatic heterocycles. The van der Waals surface area contributed by atoms with E-state index in [9.17, 15) is 10.2 Å². The molecule has 114 valence electrons. The van der Waals surface area contributed by atoms with Crippen molar-refractivity contribution in [2.45, 2.75) is 65.1 Å². The maximum absolute atomic E-state index is 9.75. The van der Waals surface area contributed by atoms with Crippen LogP contribution in [-0.4, -0.2) is 29.0 Å². The first-order chi connectivity index (χ1) is 9.25. The molecule has 1 rings (SSSR count). The Labute approximate surface area is 122 Å². The lowest BCUT2D eigenvalue weighted by atomic mass is 9.85. The van der Waals surface area contributed by atoms with Crippen molar-refractivity contribution in [1.29, 1.82) is 0 Å². The predicted octanol–water partition coefficient (Wildman–Crippen LogP) is 3.06. The van der Waals surface area contributed by atoms with Crippen LogP contribution in [0.5, 0.6) is 5.75 Å². The van der Waals surface area contributed by atoms with Gasteiger partial charge in [-0.05, 0) is 49.3 Å². The van der Waals surface area contributed by atoms with Crippen molar-refractivity contribution in [3.05, 3.63) is 29.3 Å². The van der Waals surface area contributed by atoms with Crippen LogP contribution in [0.4, 0.5) is 0 Å². The summed E-state index contributed by atoms with van der Waals surface area (Å²) in [5.41, 5.74) is 2.43. The van der Waals surface area contributed by atoms with Gasteiger partial charge in [0.05, 0.1) is 18.8 Å². The van der Waals surface area contributed by atoms with E-state index in [4.69, 9.17) is 4.74 Å². The molecule has 0 radical (unpaired) electrons. The molecule has 0 fully saturated rings. The van der Waals surface area contributed by atoms with Gasteiger partial charge in [-0.1, -0.05) is 32.9 Å². The molecule has 0 saturated carbocycles. The summed E-state index contributed by atoms with van der Waals surface area (Å²) in [5.74, 6) is 0.873. The number of aliphatic hydroxyl groups is 2. The number of rotatable bonds is 6. The van der Waals surface area contributed by atoms with Gasteiger partial charge in [0.25, 0.3) is 0 Å². The van der Waals surface area contributed by atoms with Crippen molar-refractivity contribution in [3.63, 3.8) is 0 Å². The van der Waals surface area contributed by atoms with Gasteiger partial charge in [0.2, 0.25) is 0 Å². The first kappa shape index (κ1) is 17.0. The molecule has 1 aromatic rings. The fourth-order valence-corrected chi connectivity index (χ4v) is 2.08. The molecule has 0 amide bonds. The topological polar surface area (TPSA) is 49.7 Å². The van der Waals surface area contributed by atoms with Gasteiger partial charge in [0, 0.05) is 0 Å². The van der Waals surface area contributed by atoms with Gasteiger partial charge in [-0.2, -0.15) is 0 Å². The van der Waals surface area contributed by atoms with Gasteiger partial charge in [-0.15, -0.1) is 0 Å². The first-order valence-corrected chi connectivity index (χ1v) is 7.38. The summed E-state index contributed by atoms with van der Waals surface area (Å²) in [6.45, 7) is 10.7. The Morgan fingerprint density at radius 2 is 1.85 bits per heavy atom. The van der Waals surface area contributed by atoms with E-state index in [1.54, 1.807) is 6.92 Å². The van der Waals surface area contributed by atoms with Crippen molar-refractivity contribution in [2.24, 2.45) is 0 Å². The van der Waals surface area contributed by atoms with Gasteiger partial charge in [0.15, 0.2) is 0 Å². The fourth-order valence-electron chi connectivity index (χ4n) is 2.08. The minimum Gasteiger partial charge on any atom is -0.494 e. The van der Waals surface area contributed by atoms with Crippen LogP contribution in [0.15, 0.2) is 18.2 Å². The third kappa shape index (κ3) is 4.80. The van der Waals surface area contributed by atoms with Crippen molar-refractivity contribution >= 4 is 0 Å². The number of aliphatic hydroxyl groups excluding tert-OH is 2. The van der Waals surface area contributed by atoms with E-state index in [0.29, 0.717) is 19.4 Å².